The predicted octanol–water partition coefficient (Wildman–Crippen LogP) is 4.24. The topological polar surface area (TPSA) is 45.3 Å². The maximum absolute atomic E-state index is 5.56. The lowest BCUT2D eigenvalue weighted by atomic mass is 9.86. The highest BCUT2D eigenvalue weighted by Gasteiger charge is 2.33. The zero-order chi connectivity index (χ0) is 16.2. The van der Waals surface area contributed by atoms with Crippen LogP contribution in [0.15, 0.2) is 30.3 Å². The van der Waals surface area contributed by atoms with E-state index >= 15 is 0 Å². The number of aryl methyl sites for hydroxylation is 1. The number of anilines is 3. The average molecular weight is 309 g/mol. The van der Waals surface area contributed by atoms with Crippen LogP contribution >= 0.6 is 0 Å². The molecule has 2 aliphatic heterocycles. The van der Waals surface area contributed by atoms with E-state index in [1.165, 1.54) is 16.8 Å². The Morgan fingerprint density at radius 3 is 2.52 bits per heavy atom. The van der Waals surface area contributed by atoms with Crippen molar-refractivity contribution >= 4 is 17.1 Å². The zero-order valence-corrected chi connectivity index (χ0v) is 14.1. The van der Waals surface area contributed by atoms with Gasteiger partial charge in [0, 0.05) is 23.2 Å². The summed E-state index contributed by atoms with van der Waals surface area (Å²) in [6.45, 7) is 7.62. The van der Waals surface area contributed by atoms with Crippen molar-refractivity contribution in [1.82, 2.24) is 0 Å². The number of methoxy groups -OCH3 is 1. The summed E-state index contributed by atoms with van der Waals surface area (Å²) in [4.78, 5) is 0. The van der Waals surface area contributed by atoms with Gasteiger partial charge in [-0.2, -0.15) is 0 Å². The van der Waals surface area contributed by atoms with Crippen molar-refractivity contribution in [3.63, 3.8) is 0 Å². The molecule has 1 unspecified atom stereocenters. The lowest BCUT2D eigenvalue weighted by Crippen LogP contribution is -2.19. The standard InChI is InChI=1S/C19H23N3O/c1-11-5-6-12(17(7-11)23-4)18-21-15-8-13-14(9-16(15)22-18)20-10-19(13,2)3/h5-9,18,20-22H,10H2,1-4H3. The third kappa shape index (κ3) is 2.21. The van der Waals surface area contributed by atoms with E-state index in [1.807, 2.05) is 0 Å². The molecular weight excluding hydrogens is 286 g/mol. The van der Waals surface area contributed by atoms with Crippen LogP contribution in [0.25, 0.3) is 0 Å². The normalized spacial score (nSPS) is 20.1. The smallest absolute Gasteiger partial charge is 0.127 e. The Kier molecular flexibility index (Phi) is 2.98. The molecule has 2 heterocycles. The second-order valence-electron chi connectivity index (χ2n) is 7.15. The number of nitrogens with one attached hydrogen (secondary N) is 3. The number of benzene rings is 2. The van der Waals surface area contributed by atoms with Gasteiger partial charge in [-0.05, 0) is 36.2 Å². The molecular formula is C19H23N3O. The molecule has 120 valence electrons. The van der Waals surface area contributed by atoms with Crippen LogP contribution in [0.4, 0.5) is 17.1 Å². The fourth-order valence-corrected chi connectivity index (χ4v) is 3.52. The minimum absolute atomic E-state index is 0.0335. The Balaban J connectivity index is 1.69. The lowest BCUT2D eigenvalue weighted by molar-refractivity contribution is 0.408. The third-order valence-corrected chi connectivity index (χ3v) is 4.91. The second-order valence-corrected chi connectivity index (χ2v) is 7.15. The van der Waals surface area contributed by atoms with Crippen LogP contribution in [-0.2, 0) is 5.41 Å². The van der Waals surface area contributed by atoms with E-state index < -0.39 is 0 Å². The number of hydrogen-bond acceptors (Lipinski definition) is 4. The van der Waals surface area contributed by atoms with Crippen molar-refractivity contribution in [2.24, 2.45) is 0 Å². The van der Waals surface area contributed by atoms with Crippen molar-refractivity contribution in [1.29, 1.82) is 0 Å². The molecule has 4 rings (SSSR count). The van der Waals surface area contributed by atoms with Gasteiger partial charge in [0.05, 0.1) is 18.5 Å². The summed E-state index contributed by atoms with van der Waals surface area (Å²) in [6.07, 6.45) is 0.0335. The fraction of sp³-hybridized carbons (Fsp3) is 0.368. The summed E-state index contributed by atoms with van der Waals surface area (Å²) in [7, 11) is 1.72. The summed E-state index contributed by atoms with van der Waals surface area (Å²) in [5.74, 6) is 0.911. The Bertz CT molecular complexity index is 782. The molecule has 0 radical (unpaired) electrons. The van der Waals surface area contributed by atoms with E-state index in [-0.39, 0.29) is 11.6 Å². The number of ether oxygens (including phenoxy) is 1. The monoisotopic (exact) mass is 309 g/mol. The molecule has 0 saturated heterocycles. The highest BCUT2D eigenvalue weighted by Crippen LogP contribution is 2.46. The first-order valence-corrected chi connectivity index (χ1v) is 8.08. The molecule has 0 fully saturated rings. The van der Waals surface area contributed by atoms with Crippen LogP contribution in [0, 0.1) is 6.92 Å². The van der Waals surface area contributed by atoms with Gasteiger partial charge in [0.1, 0.15) is 11.9 Å². The summed E-state index contributed by atoms with van der Waals surface area (Å²) >= 11 is 0. The minimum atomic E-state index is 0.0335. The Hall–Kier alpha value is -2.36. The van der Waals surface area contributed by atoms with Crippen LogP contribution in [0.2, 0.25) is 0 Å². The maximum atomic E-state index is 5.56. The first-order chi connectivity index (χ1) is 11.0. The van der Waals surface area contributed by atoms with Crippen molar-refractivity contribution in [2.75, 3.05) is 29.6 Å². The van der Waals surface area contributed by atoms with Crippen molar-refractivity contribution < 1.29 is 4.74 Å². The van der Waals surface area contributed by atoms with Gasteiger partial charge in [-0.3, -0.25) is 0 Å². The van der Waals surface area contributed by atoms with Crippen LogP contribution in [-0.4, -0.2) is 13.7 Å². The van der Waals surface area contributed by atoms with Crippen LogP contribution in [0.3, 0.4) is 0 Å². The van der Waals surface area contributed by atoms with E-state index in [0.717, 1.165) is 29.2 Å². The summed E-state index contributed by atoms with van der Waals surface area (Å²) < 4.78 is 5.56. The van der Waals surface area contributed by atoms with Gasteiger partial charge in [-0.1, -0.05) is 26.0 Å². The van der Waals surface area contributed by atoms with Crippen molar-refractivity contribution in [3.05, 3.63) is 47.0 Å². The van der Waals surface area contributed by atoms with Crippen LogP contribution < -0.4 is 20.7 Å². The van der Waals surface area contributed by atoms with Gasteiger partial charge >= 0.3 is 0 Å². The quantitative estimate of drug-likeness (QED) is 0.776. The molecule has 3 N–H and O–H groups in total. The average Bonchev–Trinajstić information content (AvgIpc) is 3.06. The molecule has 4 heteroatoms. The van der Waals surface area contributed by atoms with E-state index in [0.29, 0.717) is 0 Å². The van der Waals surface area contributed by atoms with Crippen LogP contribution in [0.5, 0.6) is 5.75 Å². The number of rotatable bonds is 2. The Morgan fingerprint density at radius 2 is 1.78 bits per heavy atom. The van der Waals surface area contributed by atoms with Gasteiger partial charge in [0.2, 0.25) is 0 Å². The second kappa shape index (κ2) is 4.82. The fourth-order valence-electron chi connectivity index (χ4n) is 3.52. The molecule has 0 aliphatic carbocycles. The highest BCUT2D eigenvalue weighted by molar-refractivity contribution is 5.83. The van der Waals surface area contributed by atoms with E-state index in [1.54, 1.807) is 7.11 Å². The molecule has 1 atom stereocenters. The van der Waals surface area contributed by atoms with Crippen molar-refractivity contribution in [3.8, 4) is 5.75 Å². The number of fused-ring (bicyclic) bond motifs is 2. The third-order valence-electron chi connectivity index (χ3n) is 4.91. The first kappa shape index (κ1) is 14.2. The molecule has 4 nitrogen and oxygen atoms in total. The lowest BCUT2D eigenvalue weighted by Gasteiger charge is -2.18. The largest absolute Gasteiger partial charge is 0.496 e. The molecule has 2 aromatic rings. The minimum Gasteiger partial charge on any atom is -0.496 e. The van der Waals surface area contributed by atoms with Crippen molar-refractivity contribution in [2.45, 2.75) is 32.4 Å². The molecule has 0 spiro atoms. The number of hydrogen-bond donors (Lipinski definition) is 3. The first-order valence-electron chi connectivity index (χ1n) is 8.08. The van der Waals surface area contributed by atoms with E-state index in [4.69, 9.17) is 4.74 Å². The zero-order valence-electron chi connectivity index (χ0n) is 14.1. The summed E-state index contributed by atoms with van der Waals surface area (Å²) in [5, 5.41) is 10.7. The molecule has 2 aliphatic rings. The molecule has 0 aromatic heterocycles. The Morgan fingerprint density at radius 1 is 1.04 bits per heavy atom. The molecule has 0 saturated carbocycles. The highest BCUT2D eigenvalue weighted by atomic mass is 16.5. The van der Waals surface area contributed by atoms with Gasteiger partial charge in [-0.25, -0.2) is 0 Å². The predicted molar refractivity (Wildman–Crippen MR) is 95.7 cm³/mol. The maximum Gasteiger partial charge on any atom is 0.127 e. The van der Waals surface area contributed by atoms with E-state index in [9.17, 15) is 0 Å². The molecule has 0 bridgehead atoms. The molecule has 2 aromatic carbocycles. The van der Waals surface area contributed by atoms with E-state index in [2.05, 4.69) is 67.1 Å². The SMILES string of the molecule is COc1cc(C)ccc1C1Nc2cc3c(cc2N1)C(C)(C)CN3. The Labute approximate surface area is 137 Å². The van der Waals surface area contributed by atoms with Gasteiger partial charge in [0.15, 0.2) is 0 Å². The summed E-state index contributed by atoms with van der Waals surface area (Å²) in [6, 6.07) is 10.8. The van der Waals surface area contributed by atoms with Gasteiger partial charge in [-0.15, -0.1) is 0 Å². The molecule has 0 amide bonds. The van der Waals surface area contributed by atoms with Gasteiger partial charge < -0.3 is 20.7 Å². The van der Waals surface area contributed by atoms with Crippen LogP contribution in [0.1, 0.15) is 36.7 Å². The summed E-state index contributed by atoms with van der Waals surface area (Å²) in [5.41, 5.74) is 7.41. The molecule has 23 heavy (non-hydrogen) atoms. The van der Waals surface area contributed by atoms with Gasteiger partial charge in [0.25, 0.3) is 0 Å².